The molecule has 0 radical (unpaired) electrons. The predicted molar refractivity (Wildman–Crippen MR) is 105 cm³/mol. The maximum atomic E-state index is 13.0. The Hall–Kier alpha value is -2.38. The molecule has 0 spiro atoms. The van der Waals surface area contributed by atoms with Crippen LogP contribution < -0.4 is 9.47 Å². The molecule has 0 N–H and O–H groups in total. The van der Waals surface area contributed by atoms with Crippen molar-refractivity contribution in [2.75, 3.05) is 14.2 Å². The number of rotatable bonds is 5. The van der Waals surface area contributed by atoms with Crippen molar-refractivity contribution in [2.24, 2.45) is 0 Å². The first-order chi connectivity index (χ1) is 12.5. The van der Waals surface area contributed by atoms with Crippen molar-refractivity contribution < 1.29 is 18.7 Å². The lowest BCUT2D eigenvalue weighted by atomic mass is 10.2. The summed E-state index contributed by atoms with van der Waals surface area (Å²) in [6, 6.07) is 11.5. The standard InChI is InChI=1S/C19H16FNO3S2/c1-21-18(22)17(26-19(21)25)10-13-5-8-15(16(9-13)23-2)24-11-12-3-6-14(20)7-4-12/h3-10H,11H2,1-2H3/b17-10+. The van der Waals surface area contributed by atoms with E-state index in [9.17, 15) is 9.18 Å². The Labute approximate surface area is 160 Å². The number of amides is 1. The fraction of sp³-hybridized carbons (Fsp3) is 0.158. The second kappa shape index (κ2) is 7.88. The average molecular weight is 389 g/mol. The summed E-state index contributed by atoms with van der Waals surface area (Å²) in [4.78, 5) is 14.1. The summed E-state index contributed by atoms with van der Waals surface area (Å²) in [5, 5.41) is 0. The maximum Gasteiger partial charge on any atom is 0.265 e. The fourth-order valence-corrected chi connectivity index (χ4v) is 3.51. The van der Waals surface area contributed by atoms with Crippen LogP contribution in [0, 0.1) is 5.82 Å². The molecule has 1 heterocycles. The number of likely N-dealkylation sites (N-methyl/N-ethyl adjacent to an activating group) is 1. The van der Waals surface area contributed by atoms with E-state index in [1.165, 1.54) is 28.8 Å². The molecular weight excluding hydrogens is 373 g/mol. The van der Waals surface area contributed by atoms with Gasteiger partial charge in [0.1, 0.15) is 16.7 Å². The van der Waals surface area contributed by atoms with Crippen molar-refractivity contribution in [3.8, 4) is 11.5 Å². The highest BCUT2D eigenvalue weighted by atomic mass is 32.2. The lowest BCUT2D eigenvalue weighted by molar-refractivity contribution is -0.121. The van der Waals surface area contributed by atoms with Crippen molar-refractivity contribution in [3.05, 3.63) is 64.3 Å². The van der Waals surface area contributed by atoms with E-state index in [1.807, 2.05) is 6.07 Å². The third kappa shape index (κ3) is 4.05. The van der Waals surface area contributed by atoms with Gasteiger partial charge in [0.25, 0.3) is 5.91 Å². The number of methoxy groups -OCH3 is 1. The molecule has 7 heteroatoms. The van der Waals surface area contributed by atoms with E-state index in [4.69, 9.17) is 21.7 Å². The zero-order chi connectivity index (χ0) is 18.7. The summed E-state index contributed by atoms with van der Waals surface area (Å²) in [5.41, 5.74) is 1.66. The number of benzene rings is 2. The van der Waals surface area contributed by atoms with Crippen LogP contribution >= 0.6 is 24.0 Å². The number of carbonyl (C=O) groups is 1. The van der Waals surface area contributed by atoms with E-state index in [1.54, 1.807) is 44.5 Å². The second-order valence-corrected chi connectivity index (χ2v) is 7.24. The Morgan fingerprint density at radius 1 is 1.19 bits per heavy atom. The largest absolute Gasteiger partial charge is 0.493 e. The van der Waals surface area contributed by atoms with Gasteiger partial charge in [-0.3, -0.25) is 9.69 Å². The fourth-order valence-electron chi connectivity index (χ4n) is 2.33. The van der Waals surface area contributed by atoms with E-state index in [-0.39, 0.29) is 11.7 Å². The third-order valence-corrected chi connectivity index (χ3v) is 5.26. The molecule has 1 amide bonds. The molecule has 4 nitrogen and oxygen atoms in total. The highest BCUT2D eigenvalue weighted by Crippen LogP contribution is 2.34. The molecule has 1 aliphatic rings. The lowest BCUT2D eigenvalue weighted by Gasteiger charge is -2.11. The van der Waals surface area contributed by atoms with Gasteiger partial charge in [-0.05, 0) is 41.5 Å². The van der Waals surface area contributed by atoms with Crippen LogP contribution in [0.2, 0.25) is 0 Å². The van der Waals surface area contributed by atoms with Gasteiger partial charge in [0.05, 0.1) is 12.0 Å². The minimum Gasteiger partial charge on any atom is -0.493 e. The van der Waals surface area contributed by atoms with Crippen molar-refractivity contribution in [3.63, 3.8) is 0 Å². The van der Waals surface area contributed by atoms with E-state index in [0.717, 1.165) is 11.1 Å². The molecule has 1 saturated heterocycles. The molecule has 1 fully saturated rings. The van der Waals surface area contributed by atoms with Crippen molar-refractivity contribution >= 4 is 40.3 Å². The molecular formula is C19H16FNO3S2. The zero-order valence-electron chi connectivity index (χ0n) is 14.2. The molecule has 0 aliphatic carbocycles. The molecule has 26 heavy (non-hydrogen) atoms. The third-order valence-electron chi connectivity index (χ3n) is 3.78. The molecule has 2 aromatic carbocycles. The monoisotopic (exact) mass is 389 g/mol. The van der Waals surface area contributed by atoms with Crippen LogP contribution in [0.3, 0.4) is 0 Å². The van der Waals surface area contributed by atoms with E-state index in [2.05, 4.69) is 0 Å². The Balaban J connectivity index is 1.76. The number of hydrogen-bond acceptors (Lipinski definition) is 5. The van der Waals surface area contributed by atoms with Gasteiger partial charge < -0.3 is 9.47 Å². The van der Waals surface area contributed by atoms with Crippen LogP contribution in [0.1, 0.15) is 11.1 Å². The molecule has 2 aromatic rings. The van der Waals surface area contributed by atoms with Crippen LogP contribution in [0.4, 0.5) is 4.39 Å². The van der Waals surface area contributed by atoms with Gasteiger partial charge in [-0.1, -0.05) is 42.2 Å². The summed E-state index contributed by atoms with van der Waals surface area (Å²) >= 11 is 6.40. The van der Waals surface area contributed by atoms with Crippen LogP contribution in [-0.2, 0) is 11.4 Å². The minimum atomic E-state index is -0.284. The van der Waals surface area contributed by atoms with Crippen molar-refractivity contribution in [2.45, 2.75) is 6.61 Å². The molecule has 0 unspecified atom stereocenters. The topological polar surface area (TPSA) is 38.8 Å². The number of thioether (sulfide) groups is 1. The molecule has 1 aliphatic heterocycles. The summed E-state index contributed by atoms with van der Waals surface area (Å²) in [6.45, 7) is 0.296. The second-order valence-electron chi connectivity index (χ2n) is 5.57. The molecule has 0 saturated carbocycles. The predicted octanol–water partition coefficient (Wildman–Crippen LogP) is 4.24. The van der Waals surface area contributed by atoms with Gasteiger partial charge in [-0.2, -0.15) is 0 Å². The summed E-state index contributed by atoms with van der Waals surface area (Å²) in [7, 11) is 3.21. The first-order valence-corrected chi connectivity index (χ1v) is 8.97. The number of halogens is 1. The zero-order valence-corrected chi connectivity index (χ0v) is 15.8. The normalized spacial score (nSPS) is 15.7. The quantitative estimate of drug-likeness (QED) is 0.565. The first kappa shape index (κ1) is 18.4. The number of carbonyl (C=O) groups excluding carboxylic acids is 1. The first-order valence-electron chi connectivity index (χ1n) is 7.75. The average Bonchev–Trinajstić information content (AvgIpc) is 2.88. The highest BCUT2D eigenvalue weighted by Gasteiger charge is 2.28. The van der Waals surface area contributed by atoms with Crippen molar-refractivity contribution in [1.29, 1.82) is 0 Å². The SMILES string of the molecule is COc1cc(/C=C2/SC(=S)N(C)C2=O)ccc1OCc1ccc(F)cc1. The van der Waals surface area contributed by atoms with E-state index < -0.39 is 0 Å². The Morgan fingerprint density at radius 2 is 1.92 bits per heavy atom. The highest BCUT2D eigenvalue weighted by molar-refractivity contribution is 8.26. The summed E-state index contributed by atoms with van der Waals surface area (Å²) < 4.78 is 24.6. The van der Waals surface area contributed by atoms with Gasteiger partial charge >= 0.3 is 0 Å². The summed E-state index contributed by atoms with van der Waals surface area (Å²) in [6.07, 6.45) is 1.77. The molecule has 3 rings (SSSR count). The Bertz CT molecular complexity index is 881. The van der Waals surface area contributed by atoms with Gasteiger partial charge in [0, 0.05) is 7.05 Å². The lowest BCUT2D eigenvalue weighted by Crippen LogP contribution is -2.22. The molecule has 0 atom stereocenters. The van der Waals surface area contributed by atoms with Crippen LogP contribution in [0.5, 0.6) is 11.5 Å². The number of hydrogen-bond donors (Lipinski definition) is 0. The Morgan fingerprint density at radius 3 is 2.54 bits per heavy atom. The van der Waals surface area contributed by atoms with Gasteiger partial charge in [0.2, 0.25) is 0 Å². The van der Waals surface area contributed by atoms with E-state index >= 15 is 0 Å². The number of nitrogens with zero attached hydrogens (tertiary/aromatic N) is 1. The van der Waals surface area contributed by atoms with Crippen LogP contribution in [0.15, 0.2) is 47.4 Å². The maximum absolute atomic E-state index is 13.0. The molecule has 134 valence electrons. The van der Waals surface area contributed by atoms with Gasteiger partial charge in [0.15, 0.2) is 11.5 Å². The number of ether oxygens (including phenoxy) is 2. The van der Waals surface area contributed by atoms with Gasteiger partial charge in [-0.25, -0.2) is 4.39 Å². The molecule has 0 bridgehead atoms. The summed E-state index contributed by atoms with van der Waals surface area (Å²) in [5.74, 6) is 0.716. The Kier molecular flexibility index (Phi) is 5.58. The van der Waals surface area contributed by atoms with E-state index in [0.29, 0.717) is 27.3 Å². The van der Waals surface area contributed by atoms with Gasteiger partial charge in [-0.15, -0.1) is 0 Å². The van der Waals surface area contributed by atoms with Crippen molar-refractivity contribution in [1.82, 2.24) is 4.90 Å². The number of thiocarbonyl (C=S) groups is 1. The minimum absolute atomic E-state index is 0.115. The smallest absolute Gasteiger partial charge is 0.265 e. The van der Waals surface area contributed by atoms with Crippen LogP contribution in [0.25, 0.3) is 6.08 Å². The van der Waals surface area contributed by atoms with Crippen LogP contribution in [-0.4, -0.2) is 29.3 Å². The molecule has 0 aromatic heterocycles.